The molecule has 0 aromatic carbocycles. The lowest BCUT2D eigenvalue weighted by Crippen LogP contribution is -2.39. The summed E-state index contributed by atoms with van der Waals surface area (Å²) in [7, 11) is 0. The Morgan fingerprint density at radius 3 is 2.80 bits per heavy atom. The second kappa shape index (κ2) is 4.14. The highest BCUT2D eigenvalue weighted by atomic mass is 16.3. The van der Waals surface area contributed by atoms with E-state index in [9.17, 15) is 5.11 Å². The monoisotopic (exact) mass is 207 g/mol. The van der Waals surface area contributed by atoms with Gasteiger partial charge in [-0.3, -0.25) is 0 Å². The van der Waals surface area contributed by atoms with Crippen molar-refractivity contribution in [2.75, 3.05) is 11.9 Å². The Bertz CT molecular complexity index is 334. The lowest BCUT2D eigenvalue weighted by molar-refractivity contribution is 0.213. The van der Waals surface area contributed by atoms with Gasteiger partial charge in [-0.15, -0.1) is 0 Å². The summed E-state index contributed by atoms with van der Waals surface area (Å²) in [6.07, 6.45) is 6.07. The van der Waals surface area contributed by atoms with Gasteiger partial charge in [0.2, 0.25) is 5.95 Å². The lowest BCUT2D eigenvalue weighted by atomic mass is 9.99. The van der Waals surface area contributed by atoms with E-state index in [1.807, 2.05) is 13.0 Å². The zero-order valence-corrected chi connectivity index (χ0v) is 9.03. The summed E-state index contributed by atoms with van der Waals surface area (Å²) < 4.78 is 0. The number of anilines is 1. The lowest BCUT2D eigenvalue weighted by Gasteiger charge is -2.27. The summed E-state index contributed by atoms with van der Waals surface area (Å²) in [6.45, 7) is 2.09. The SMILES string of the molecule is Cc1ccnc(NC2(CO)CCCC2)n1. The van der Waals surface area contributed by atoms with Crippen LogP contribution in [0, 0.1) is 6.92 Å². The van der Waals surface area contributed by atoms with Gasteiger partial charge in [-0.2, -0.15) is 0 Å². The maximum absolute atomic E-state index is 9.43. The van der Waals surface area contributed by atoms with Crippen molar-refractivity contribution in [1.82, 2.24) is 9.97 Å². The molecular formula is C11H17N3O. The molecule has 0 bridgehead atoms. The summed E-state index contributed by atoms with van der Waals surface area (Å²) in [5.41, 5.74) is 0.756. The van der Waals surface area contributed by atoms with Crippen LogP contribution in [0.15, 0.2) is 12.3 Å². The fourth-order valence-electron chi connectivity index (χ4n) is 2.12. The summed E-state index contributed by atoms with van der Waals surface area (Å²) in [5, 5.41) is 12.7. The molecule has 1 aromatic heterocycles. The van der Waals surface area contributed by atoms with Crippen LogP contribution in [-0.4, -0.2) is 27.2 Å². The topological polar surface area (TPSA) is 58.0 Å². The van der Waals surface area contributed by atoms with Gasteiger partial charge < -0.3 is 10.4 Å². The van der Waals surface area contributed by atoms with E-state index in [1.165, 1.54) is 12.8 Å². The minimum Gasteiger partial charge on any atom is -0.394 e. The minimum atomic E-state index is -0.187. The van der Waals surface area contributed by atoms with E-state index in [0.29, 0.717) is 5.95 Å². The molecule has 1 aromatic rings. The molecule has 0 saturated heterocycles. The fourth-order valence-corrected chi connectivity index (χ4v) is 2.12. The molecule has 0 unspecified atom stereocenters. The third kappa shape index (κ3) is 2.26. The van der Waals surface area contributed by atoms with E-state index in [-0.39, 0.29) is 12.1 Å². The molecule has 4 nitrogen and oxygen atoms in total. The smallest absolute Gasteiger partial charge is 0.223 e. The number of hydrogen-bond acceptors (Lipinski definition) is 4. The van der Waals surface area contributed by atoms with Crippen LogP contribution < -0.4 is 5.32 Å². The first-order valence-corrected chi connectivity index (χ1v) is 5.43. The molecule has 0 atom stereocenters. The number of aromatic nitrogens is 2. The predicted octanol–water partition coefficient (Wildman–Crippen LogP) is 1.50. The minimum absolute atomic E-state index is 0.157. The highest BCUT2D eigenvalue weighted by molar-refractivity contribution is 5.30. The first-order chi connectivity index (χ1) is 7.24. The molecule has 0 spiro atoms. The van der Waals surface area contributed by atoms with E-state index >= 15 is 0 Å². The molecule has 0 radical (unpaired) electrons. The molecule has 1 aliphatic carbocycles. The highest BCUT2D eigenvalue weighted by Gasteiger charge is 2.33. The fraction of sp³-hybridized carbons (Fsp3) is 0.636. The molecule has 0 aliphatic heterocycles. The number of nitrogens with one attached hydrogen (secondary N) is 1. The number of aliphatic hydroxyl groups excluding tert-OH is 1. The van der Waals surface area contributed by atoms with Gasteiger partial charge in [-0.05, 0) is 25.8 Å². The van der Waals surface area contributed by atoms with Crippen LogP contribution in [0.25, 0.3) is 0 Å². The summed E-state index contributed by atoms with van der Waals surface area (Å²) >= 11 is 0. The van der Waals surface area contributed by atoms with Crippen LogP contribution in [0.1, 0.15) is 31.4 Å². The highest BCUT2D eigenvalue weighted by Crippen LogP contribution is 2.31. The zero-order chi connectivity index (χ0) is 10.7. The van der Waals surface area contributed by atoms with Crippen LogP contribution in [0.4, 0.5) is 5.95 Å². The average Bonchev–Trinajstić information content (AvgIpc) is 2.67. The average molecular weight is 207 g/mol. The van der Waals surface area contributed by atoms with Crippen molar-refractivity contribution in [3.63, 3.8) is 0 Å². The summed E-state index contributed by atoms with van der Waals surface area (Å²) in [5.74, 6) is 0.631. The molecular weight excluding hydrogens is 190 g/mol. The molecule has 0 amide bonds. The van der Waals surface area contributed by atoms with Crippen LogP contribution >= 0.6 is 0 Å². The molecule has 1 saturated carbocycles. The summed E-state index contributed by atoms with van der Waals surface area (Å²) in [4.78, 5) is 8.46. The molecule has 1 fully saturated rings. The molecule has 2 rings (SSSR count). The third-order valence-electron chi connectivity index (χ3n) is 3.04. The Morgan fingerprint density at radius 1 is 1.47 bits per heavy atom. The maximum Gasteiger partial charge on any atom is 0.223 e. The molecule has 15 heavy (non-hydrogen) atoms. The molecule has 4 heteroatoms. The third-order valence-corrected chi connectivity index (χ3v) is 3.04. The molecule has 1 aliphatic rings. The quantitative estimate of drug-likeness (QED) is 0.788. The Labute approximate surface area is 89.8 Å². The number of rotatable bonds is 3. The largest absolute Gasteiger partial charge is 0.394 e. The second-order valence-corrected chi connectivity index (χ2v) is 4.29. The van der Waals surface area contributed by atoms with Gasteiger partial charge in [0.05, 0.1) is 12.1 Å². The van der Waals surface area contributed by atoms with Gasteiger partial charge >= 0.3 is 0 Å². The van der Waals surface area contributed by atoms with E-state index in [2.05, 4.69) is 15.3 Å². The second-order valence-electron chi connectivity index (χ2n) is 4.29. The van der Waals surface area contributed by atoms with Gasteiger partial charge in [-0.25, -0.2) is 9.97 Å². The van der Waals surface area contributed by atoms with Crippen LogP contribution in [0.2, 0.25) is 0 Å². The van der Waals surface area contributed by atoms with E-state index in [1.54, 1.807) is 6.20 Å². The number of hydrogen-bond donors (Lipinski definition) is 2. The van der Waals surface area contributed by atoms with E-state index < -0.39 is 0 Å². The van der Waals surface area contributed by atoms with Crippen molar-refractivity contribution in [3.8, 4) is 0 Å². The summed E-state index contributed by atoms with van der Waals surface area (Å²) in [6, 6.07) is 1.87. The number of nitrogens with zero attached hydrogens (tertiary/aromatic N) is 2. The van der Waals surface area contributed by atoms with Gasteiger partial charge in [0.1, 0.15) is 0 Å². The first-order valence-electron chi connectivity index (χ1n) is 5.43. The van der Waals surface area contributed by atoms with E-state index in [4.69, 9.17) is 0 Å². The Hall–Kier alpha value is -1.16. The molecule has 2 N–H and O–H groups in total. The van der Waals surface area contributed by atoms with Crippen molar-refractivity contribution in [2.45, 2.75) is 38.1 Å². The van der Waals surface area contributed by atoms with Gasteiger partial charge in [0.25, 0.3) is 0 Å². The maximum atomic E-state index is 9.43. The van der Waals surface area contributed by atoms with Gasteiger partial charge in [-0.1, -0.05) is 12.8 Å². The van der Waals surface area contributed by atoms with Crippen molar-refractivity contribution in [3.05, 3.63) is 18.0 Å². The van der Waals surface area contributed by atoms with Crippen molar-refractivity contribution in [1.29, 1.82) is 0 Å². The number of aryl methyl sites for hydroxylation is 1. The van der Waals surface area contributed by atoms with Crippen LogP contribution in [-0.2, 0) is 0 Å². The molecule has 1 heterocycles. The van der Waals surface area contributed by atoms with E-state index in [0.717, 1.165) is 18.5 Å². The van der Waals surface area contributed by atoms with Crippen molar-refractivity contribution >= 4 is 5.95 Å². The Kier molecular flexibility index (Phi) is 2.86. The van der Waals surface area contributed by atoms with Gasteiger partial charge in [0.15, 0.2) is 0 Å². The first kappa shape index (κ1) is 10.4. The zero-order valence-electron chi connectivity index (χ0n) is 9.03. The number of aliphatic hydroxyl groups is 1. The van der Waals surface area contributed by atoms with Crippen molar-refractivity contribution in [2.24, 2.45) is 0 Å². The molecule has 82 valence electrons. The Morgan fingerprint density at radius 2 is 2.20 bits per heavy atom. The predicted molar refractivity (Wildman–Crippen MR) is 58.7 cm³/mol. The Balaban J connectivity index is 2.12. The van der Waals surface area contributed by atoms with Crippen molar-refractivity contribution < 1.29 is 5.11 Å². The van der Waals surface area contributed by atoms with Gasteiger partial charge in [0, 0.05) is 11.9 Å². The normalized spacial score (nSPS) is 19.1. The standard InChI is InChI=1S/C11H17N3O/c1-9-4-7-12-10(13-9)14-11(8-15)5-2-3-6-11/h4,7,15H,2-3,5-6,8H2,1H3,(H,12,13,14). The van der Waals surface area contributed by atoms with Crippen LogP contribution in [0.3, 0.4) is 0 Å². The van der Waals surface area contributed by atoms with Crippen LogP contribution in [0.5, 0.6) is 0 Å².